The minimum Gasteiger partial charge on any atom is -0.333 e. The van der Waals surface area contributed by atoms with Gasteiger partial charge in [-0.3, -0.25) is 14.6 Å². The highest BCUT2D eigenvalue weighted by molar-refractivity contribution is 5.95. The van der Waals surface area contributed by atoms with Crippen LogP contribution in [0.2, 0.25) is 0 Å². The molecule has 0 N–H and O–H groups in total. The summed E-state index contributed by atoms with van der Waals surface area (Å²) < 4.78 is 0. The van der Waals surface area contributed by atoms with Crippen molar-refractivity contribution in [1.29, 1.82) is 5.26 Å². The van der Waals surface area contributed by atoms with E-state index in [4.69, 9.17) is 0 Å². The molecular weight excluding hydrogens is 266 g/mol. The molecule has 1 saturated heterocycles. The summed E-state index contributed by atoms with van der Waals surface area (Å²) in [5.41, 5.74) is 0.458. The summed E-state index contributed by atoms with van der Waals surface area (Å²) in [6, 6.07) is 6.74. The smallest absolute Gasteiger partial charge is 0.222 e. The zero-order chi connectivity index (χ0) is 15.2. The molecule has 0 radical (unpaired) electrons. The van der Waals surface area contributed by atoms with Gasteiger partial charge in [0.2, 0.25) is 5.91 Å². The molecule has 21 heavy (non-hydrogen) atoms. The molecule has 1 aliphatic heterocycles. The monoisotopic (exact) mass is 285 g/mol. The number of piperidine rings is 1. The van der Waals surface area contributed by atoms with Crippen LogP contribution in [0.1, 0.15) is 44.2 Å². The molecule has 2 atom stereocenters. The molecular formula is C16H19N3O2. The number of rotatable bonds is 4. The maximum absolute atomic E-state index is 12.7. The van der Waals surface area contributed by atoms with Gasteiger partial charge in [0.25, 0.3) is 0 Å². The number of amides is 1. The van der Waals surface area contributed by atoms with Crippen molar-refractivity contribution in [1.82, 2.24) is 9.88 Å². The van der Waals surface area contributed by atoms with Crippen molar-refractivity contribution in [2.75, 3.05) is 6.54 Å². The second-order valence-electron chi connectivity index (χ2n) is 5.17. The first-order valence-corrected chi connectivity index (χ1v) is 7.32. The Hall–Kier alpha value is -2.22. The molecule has 0 aromatic carbocycles. The minimum absolute atomic E-state index is 0.0224. The number of Topliss-reactive ketones (excluding diaryl/α,β-unsaturated/α-hetero) is 1. The topological polar surface area (TPSA) is 74.1 Å². The zero-order valence-electron chi connectivity index (χ0n) is 12.2. The fraction of sp³-hybridized carbons (Fsp3) is 0.500. The zero-order valence-corrected chi connectivity index (χ0v) is 12.2. The number of hydrogen-bond acceptors (Lipinski definition) is 4. The van der Waals surface area contributed by atoms with E-state index in [0.29, 0.717) is 25.1 Å². The number of hydrogen-bond donors (Lipinski definition) is 0. The molecule has 1 aliphatic rings. The lowest BCUT2D eigenvalue weighted by atomic mass is 9.89. The Balaban J connectivity index is 2.23. The number of aromatic nitrogens is 1. The minimum atomic E-state index is -0.901. The van der Waals surface area contributed by atoms with E-state index in [9.17, 15) is 14.9 Å². The van der Waals surface area contributed by atoms with Gasteiger partial charge in [0.1, 0.15) is 5.92 Å². The van der Waals surface area contributed by atoms with Crippen LogP contribution in [-0.4, -0.2) is 34.2 Å². The number of pyridine rings is 1. The molecule has 1 amide bonds. The number of nitriles is 1. The normalized spacial score (nSPS) is 19.6. The van der Waals surface area contributed by atoms with Gasteiger partial charge in [0.05, 0.1) is 17.8 Å². The van der Waals surface area contributed by atoms with Crippen molar-refractivity contribution in [3.8, 4) is 6.07 Å². The molecule has 0 spiro atoms. The molecule has 5 nitrogen and oxygen atoms in total. The van der Waals surface area contributed by atoms with E-state index in [2.05, 4.69) is 4.98 Å². The van der Waals surface area contributed by atoms with Crippen LogP contribution in [0.4, 0.5) is 0 Å². The summed E-state index contributed by atoms with van der Waals surface area (Å²) in [7, 11) is 0. The summed E-state index contributed by atoms with van der Waals surface area (Å²) in [5, 5.41) is 9.35. The Kier molecular flexibility index (Phi) is 5.04. The lowest BCUT2D eigenvalue weighted by Gasteiger charge is -2.35. The van der Waals surface area contributed by atoms with E-state index in [1.54, 1.807) is 36.2 Å². The number of likely N-dealkylation sites (tertiary alicyclic amines) is 1. The Labute approximate surface area is 124 Å². The second-order valence-corrected chi connectivity index (χ2v) is 5.17. The average molecular weight is 285 g/mol. The van der Waals surface area contributed by atoms with Gasteiger partial charge in [-0.2, -0.15) is 5.26 Å². The fourth-order valence-electron chi connectivity index (χ4n) is 2.74. The van der Waals surface area contributed by atoms with Crippen molar-refractivity contribution in [2.24, 2.45) is 0 Å². The first-order valence-electron chi connectivity index (χ1n) is 7.32. The van der Waals surface area contributed by atoms with Crippen LogP contribution in [-0.2, 0) is 9.59 Å². The standard InChI is InChI=1S/C16H19N3O2/c1-2-15(20)19-10-6-4-8-14(19)16(21)12(11-17)13-7-3-5-9-18-13/h3,5,7,9,12,14H,2,4,6,8,10H2,1H3/t12-,14-/m0/s1. The van der Waals surface area contributed by atoms with Crippen molar-refractivity contribution < 1.29 is 9.59 Å². The van der Waals surface area contributed by atoms with Gasteiger partial charge in [-0.1, -0.05) is 13.0 Å². The fourth-order valence-corrected chi connectivity index (χ4v) is 2.74. The molecule has 1 aromatic heterocycles. The van der Waals surface area contributed by atoms with Crippen LogP contribution in [0.3, 0.4) is 0 Å². The summed E-state index contributed by atoms with van der Waals surface area (Å²) in [4.78, 5) is 30.5. The highest BCUT2D eigenvalue weighted by Crippen LogP contribution is 2.25. The van der Waals surface area contributed by atoms with E-state index < -0.39 is 12.0 Å². The molecule has 0 unspecified atom stereocenters. The molecule has 0 bridgehead atoms. The lowest BCUT2D eigenvalue weighted by molar-refractivity contribution is -0.141. The van der Waals surface area contributed by atoms with Crippen LogP contribution >= 0.6 is 0 Å². The second kappa shape index (κ2) is 6.98. The maximum atomic E-state index is 12.7. The van der Waals surface area contributed by atoms with E-state index in [1.165, 1.54) is 0 Å². The summed E-state index contributed by atoms with van der Waals surface area (Å²) in [5.74, 6) is -1.13. The number of ketones is 1. The summed E-state index contributed by atoms with van der Waals surface area (Å²) >= 11 is 0. The van der Waals surface area contributed by atoms with Crippen LogP contribution in [0.15, 0.2) is 24.4 Å². The van der Waals surface area contributed by atoms with Gasteiger partial charge in [0.15, 0.2) is 5.78 Å². The van der Waals surface area contributed by atoms with Gasteiger partial charge in [0, 0.05) is 19.2 Å². The molecule has 0 saturated carbocycles. The third kappa shape index (κ3) is 3.27. The number of carbonyl (C=O) groups is 2. The molecule has 2 heterocycles. The molecule has 1 fully saturated rings. The average Bonchev–Trinajstić information content (AvgIpc) is 2.55. The molecule has 2 rings (SSSR count). The molecule has 1 aromatic rings. The third-order valence-electron chi connectivity index (χ3n) is 3.85. The highest BCUT2D eigenvalue weighted by atomic mass is 16.2. The van der Waals surface area contributed by atoms with Crippen LogP contribution in [0.5, 0.6) is 0 Å². The lowest BCUT2D eigenvalue weighted by Crippen LogP contribution is -2.49. The Morgan fingerprint density at radius 3 is 2.90 bits per heavy atom. The Morgan fingerprint density at radius 2 is 2.29 bits per heavy atom. The van der Waals surface area contributed by atoms with E-state index in [1.807, 2.05) is 6.07 Å². The van der Waals surface area contributed by atoms with Crippen molar-refractivity contribution in [3.63, 3.8) is 0 Å². The third-order valence-corrected chi connectivity index (χ3v) is 3.85. The summed E-state index contributed by atoms with van der Waals surface area (Å²) in [6.07, 6.45) is 4.41. The van der Waals surface area contributed by atoms with Gasteiger partial charge in [-0.05, 0) is 31.4 Å². The number of carbonyl (C=O) groups excluding carboxylic acids is 2. The van der Waals surface area contributed by atoms with Crippen molar-refractivity contribution in [3.05, 3.63) is 30.1 Å². The first-order chi connectivity index (χ1) is 10.2. The Bertz CT molecular complexity index is 550. The first kappa shape index (κ1) is 15.2. The van der Waals surface area contributed by atoms with Crippen LogP contribution < -0.4 is 0 Å². The highest BCUT2D eigenvalue weighted by Gasteiger charge is 2.36. The predicted molar refractivity (Wildman–Crippen MR) is 77.2 cm³/mol. The van der Waals surface area contributed by atoms with Crippen LogP contribution in [0.25, 0.3) is 0 Å². The molecule has 5 heteroatoms. The molecule has 110 valence electrons. The van der Waals surface area contributed by atoms with Crippen molar-refractivity contribution >= 4 is 11.7 Å². The van der Waals surface area contributed by atoms with E-state index >= 15 is 0 Å². The number of nitrogens with zero attached hydrogens (tertiary/aromatic N) is 3. The molecule has 0 aliphatic carbocycles. The SMILES string of the molecule is CCC(=O)N1CCCC[C@H]1C(=O)[C@@H](C#N)c1ccccn1. The maximum Gasteiger partial charge on any atom is 0.222 e. The van der Waals surface area contributed by atoms with Gasteiger partial charge < -0.3 is 4.90 Å². The largest absolute Gasteiger partial charge is 0.333 e. The quantitative estimate of drug-likeness (QED) is 0.848. The van der Waals surface area contributed by atoms with Crippen molar-refractivity contribution in [2.45, 2.75) is 44.6 Å². The van der Waals surface area contributed by atoms with E-state index in [0.717, 1.165) is 12.8 Å². The van der Waals surface area contributed by atoms with E-state index in [-0.39, 0.29) is 11.7 Å². The predicted octanol–water partition coefficient (Wildman–Crippen LogP) is 2.05. The van der Waals surface area contributed by atoms with Crippen LogP contribution in [0, 0.1) is 11.3 Å². The van der Waals surface area contributed by atoms with Gasteiger partial charge in [-0.15, -0.1) is 0 Å². The van der Waals surface area contributed by atoms with Gasteiger partial charge in [-0.25, -0.2) is 0 Å². The van der Waals surface area contributed by atoms with Gasteiger partial charge >= 0.3 is 0 Å². The Morgan fingerprint density at radius 1 is 1.48 bits per heavy atom. The summed E-state index contributed by atoms with van der Waals surface area (Å²) in [6.45, 7) is 2.39.